The Hall–Kier alpha value is -2.80. The lowest BCUT2D eigenvalue weighted by atomic mass is 9.88. The van der Waals surface area contributed by atoms with Crippen LogP contribution in [0.1, 0.15) is 41.8 Å². The highest BCUT2D eigenvalue weighted by Gasteiger charge is 2.30. The standard InChI is InChI=1S/C22H22N4O2S/c1-3-28-22(27)13-5-7-16-18(8-13)29-21-19(16)20(24-11-25-21)26-15-6-4-14-10-23-12(2)17(14)9-15/h4,6,9,11,13H,3,5,7-8,10H2,1-2H3,(H,24,25,26). The molecule has 6 nitrogen and oxygen atoms in total. The van der Waals surface area contributed by atoms with Gasteiger partial charge in [-0.2, -0.15) is 0 Å². The molecule has 2 aromatic heterocycles. The van der Waals surface area contributed by atoms with Gasteiger partial charge in [0.1, 0.15) is 17.0 Å². The van der Waals surface area contributed by atoms with E-state index in [-0.39, 0.29) is 11.9 Å². The number of nitrogens with zero attached hydrogens (tertiary/aromatic N) is 3. The third kappa shape index (κ3) is 3.19. The molecule has 0 bridgehead atoms. The minimum Gasteiger partial charge on any atom is -0.466 e. The smallest absolute Gasteiger partial charge is 0.309 e. The van der Waals surface area contributed by atoms with Gasteiger partial charge >= 0.3 is 5.97 Å². The maximum Gasteiger partial charge on any atom is 0.309 e. The van der Waals surface area contributed by atoms with Crippen molar-refractivity contribution in [2.24, 2.45) is 10.9 Å². The predicted octanol–water partition coefficient (Wildman–Crippen LogP) is 4.43. The van der Waals surface area contributed by atoms with Crippen molar-refractivity contribution in [2.45, 2.75) is 39.7 Å². The number of nitrogens with one attached hydrogen (secondary N) is 1. The Bertz CT molecular complexity index is 1150. The second-order valence-corrected chi connectivity index (χ2v) is 8.58. The highest BCUT2D eigenvalue weighted by atomic mass is 32.1. The lowest BCUT2D eigenvalue weighted by Gasteiger charge is -2.20. The number of ether oxygens (including phenoxy) is 1. The molecule has 5 rings (SSSR count). The summed E-state index contributed by atoms with van der Waals surface area (Å²) < 4.78 is 5.23. The second kappa shape index (κ2) is 7.22. The molecule has 1 aliphatic carbocycles. The van der Waals surface area contributed by atoms with Gasteiger partial charge in [-0.15, -0.1) is 11.3 Å². The van der Waals surface area contributed by atoms with E-state index in [4.69, 9.17) is 4.74 Å². The summed E-state index contributed by atoms with van der Waals surface area (Å²) in [4.78, 5) is 27.9. The summed E-state index contributed by atoms with van der Waals surface area (Å²) in [7, 11) is 0. The minimum atomic E-state index is -0.0878. The first kappa shape index (κ1) is 18.2. The van der Waals surface area contributed by atoms with Gasteiger partial charge in [-0.05, 0) is 56.4 Å². The zero-order valence-corrected chi connectivity index (χ0v) is 17.3. The van der Waals surface area contributed by atoms with Crippen molar-refractivity contribution in [3.63, 3.8) is 0 Å². The van der Waals surface area contributed by atoms with Gasteiger partial charge in [0.2, 0.25) is 0 Å². The fraction of sp³-hybridized carbons (Fsp3) is 0.364. The van der Waals surface area contributed by atoms with Crippen LogP contribution in [0.4, 0.5) is 11.5 Å². The first-order chi connectivity index (χ1) is 14.1. The van der Waals surface area contributed by atoms with E-state index >= 15 is 0 Å². The average molecular weight is 407 g/mol. The Labute approximate surface area is 173 Å². The van der Waals surface area contributed by atoms with E-state index in [1.165, 1.54) is 21.6 Å². The molecule has 3 aromatic rings. The SMILES string of the molecule is CCOC(=O)C1CCc2c(sc3ncnc(Nc4ccc5c(c4)C(C)=NC5)c23)C1. The van der Waals surface area contributed by atoms with Gasteiger partial charge in [-0.3, -0.25) is 9.79 Å². The van der Waals surface area contributed by atoms with E-state index < -0.39 is 0 Å². The van der Waals surface area contributed by atoms with Crippen LogP contribution in [0.25, 0.3) is 10.2 Å². The quantitative estimate of drug-likeness (QED) is 0.649. The largest absolute Gasteiger partial charge is 0.466 e. The molecule has 1 atom stereocenters. The number of aliphatic imine (C=N–C) groups is 1. The van der Waals surface area contributed by atoms with Crippen LogP contribution >= 0.6 is 11.3 Å². The number of thiophene rings is 1. The maximum absolute atomic E-state index is 12.2. The van der Waals surface area contributed by atoms with Gasteiger partial charge in [0.15, 0.2) is 0 Å². The number of hydrogen-bond acceptors (Lipinski definition) is 7. The third-order valence-electron chi connectivity index (χ3n) is 5.71. The van der Waals surface area contributed by atoms with Crippen LogP contribution in [0.15, 0.2) is 29.5 Å². The van der Waals surface area contributed by atoms with Crippen molar-refractivity contribution in [1.82, 2.24) is 9.97 Å². The Morgan fingerprint density at radius 1 is 1.34 bits per heavy atom. The number of hydrogen-bond donors (Lipinski definition) is 1. The molecular formula is C22H22N4O2S. The summed E-state index contributed by atoms with van der Waals surface area (Å²) in [5.41, 5.74) is 5.81. The fourth-order valence-electron chi connectivity index (χ4n) is 4.22. The van der Waals surface area contributed by atoms with E-state index in [2.05, 4.69) is 38.5 Å². The molecule has 148 valence electrons. The minimum absolute atomic E-state index is 0.0566. The van der Waals surface area contributed by atoms with Gasteiger partial charge in [0, 0.05) is 21.8 Å². The molecule has 3 heterocycles. The van der Waals surface area contributed by atoms with Gasteiger partial charge in [-0.1, -0.05) is 6.07 Å². The molecule has 0 radical (unpaired) electrons. The van der Waals surface area contributed by atoms with Gasteiger partial charge in [0.05, 0.1) is 24.5 Å². The Balaban J connectivity index is 1.48. The van der Waals surface area contributed by atoms with Crippen molar-refractivity contribution < 1.29 is 9.53 Å². The monoisotopic (exact) mass is 406 g/mol. The zero-order valence-electron chi connectivity index (χ0n) is 16.5. The van der Waals surface area contributed by atoms with Crippen LogP contribution in [0.2, 0.25) is 0 Å². The Morgan fingerprint density at radius 2 is 2.24 bits per heavy atom. The third-order valence-corrected chi connectivity index (χ3v) is 6.88. The van der Waals surface area contributed by atoms with Crippen molar-refractivity contribution >= 4 is 44.7 Å². The lowest BCUT2D eigenvalue weighted by molar-refractivity contribution is -0.148. The molecule has 7 heteroatoms. The van der Waals surface area contributed by atoms with Crippen LogP contribution in [-0.2, 0) is 28.9 Å². The normalized spacial score (nSPS) is 17.6. The number of aromatic nitrogens is 2. The molecule has 1 N–H and O–H groups in total. The molecule has 0 amide bonds. The van der Waals surface area contributed by atoms with E-state index in [0.717, 1.165) is 53.2 Å². The molecule has 0 spiro atoms. The first-order valence-electron chi connectivity index (χ1n) is 9.97. The molecule has 2 aliphatic rings. The number of anilines is 2. The van der Waals surface area contributed by atoms with Gasteiger partial charge in [-0.25, -0.2) is 9.97 Å². The highest BCUT2D eigenvalue weighted by molar-refractivity contribution is 7.19. The summed E-state index contributed by atoms with van der Waals surface area (Å²) in [6.07, 6.45) is 3.98. The molecule has 1 aromatic carbocycles. The Morgan fingerprint density at radius 3 is 3.10 bits per heavy atom. The molecule has 0 saturated carbocycles. The summed E-state index contributed by atoms with van der Waals surface area (Å²) in [6, 6.07) is 6.35. The Kier molecular flexibility index (Phi) is 4.54. The molecule has 29 heavy (non-hydrogen) atoms. The van der Waals surface area contributed by atoms with Crippen molar-refractivity contribution in [3.8, 4) is 0 Å². The number of benzene rings is 1. The molecular weight excluding hydrogens is 384 g/mol. The molecule has 1 aliphatic heterocycles. The number of fused-ring (bicyclic) bond motifs is 4. The van der Waals surface area contributed by atoms with Gasteiger partial charge in [0.25, 0.3) is 0 Å². The molecule has 0 fully saturated rings. The van der Waals surface area contributed by atoms with Crippen molar-refractivity contribution in [3.05, 3.63) is 46.1 Å². The number of carbonyl (C=O) groups excluding carboxylic acids is 1. The van der Waals surface area contributed by atoms with E-state index in [1.54, 1.807) is 17.7 Å². The summed E-state index contributed by atoms with van der Waals surface area (Å²) >= 11 is 1.67. The van der Waals surface area contributed by atoms with E-state index in [9.17, 15) is 4.79 Å². The van der Waals surface area contributed by atoms with Crippen molar-refractivity contribution in [1.29, 1.82) is 0 Å². The maximum atomic E-state index is 12.2. The van der Waals surface area contributed by atoms with Crippen molar-refractivity contribution in [2.75, 3.05) is 11.9 Å². The van der Waals surface area contributed by atoms with Crippen LogP contribution in [-0.4, -0.2) is 28.3 Å². The van der Waals surface area contributed by atoms with E-state index in [1.807, 2.05) is 13.8 Å². The van der Waals surface area contributed by atoms with Crippen LogP contribution in [0, 0.1) is 5.92 Å². The topological polar surface area (TPSA) is 76.5 Å². The zero-order chi connectivity index (χ0) is 20.0. The summed E-state index contributed by atoms with van der Waals surface area (Å²) in [5, 5.41) is 4.58. The van der Waals surface area contributed by atoms with Crippen LogP contribution in [0.3, 0.4) is 0 Å². The summed E-state index contributed by atoms with van der Waals surface area (Å²) in [5.74, 6) is 0.684. The molecule has 1 unspecified atom stereocenters. The van der Waals surface area contributed by atoms with Crippen LogP contribution < -0.4 is 5.32 Å². The number of rotatable bonds is 4. The lowest BCUT2D eigenvalue weighted by Crippen LogP contribution is -2.23. The molecule has 0 saturated heterocycles. The first-order valence-corrected chi connectivity index (χ1v) is 10.8. The highest BCUT2D eigenvalue weighted by Crippen LogP contribution is 2.40. The predicted molar refractivity (Wildman–Crippen MR) is 115 cm³/mol. The van der Waals surface area contributed by atoms with Crippen LogP contribution in [0.5, 0.6) is 0 Å². The number of carbonyl (C=O) groups is 1. The average Bonchev–Trinajstić information content (AvgIpc) is 3.28. The van der Waals surface area contributed by atoms with Gasteiger partial charge < -0.3 is 10.1 Å². The van der Waals surface area contributed by atoms with E-state index in [0.29, 0.717) is 6.61 Å². The fourth-order valence-corrected chi connectivity index (χ4v) is 5.49. The number of aryl methyl sites for hydroxylation is 1. The summed E-state index contributed by atoms with van der Waals surface area (Å²) in [6.45, 7) is 5.09. The number of esters is 1. The second-order valence-electron chi connectivity index (χ2n) is 7.50.